The third kappa shape index (κ3) is 5.99. The number of carbonyl (C=O) groups excluding carboxylic acids is 1. The van der Waals surface area contributed by atoms with Crippen LogP contribution in [0.4, 0.5) is 0 Å². The largest absolute Gasteiger partial charge is 0.494 e. The Morgan fingerprint density at radius 2 is 1.60 bits per heavy atom. The van der Waals surface area contributed by atoms with Crippen molar-refractivity contribution >= 4 is 16.8 Å². The number of nitrogens with zero attached hydrogens (tertiary/aromatic N) is 1. The van der Waals surface area contributed by atoms with E-state index in [4.69, 9.17) is 14.5 Å². The number of hydrogen-bond acceptors (Lipinski definition) is 4. The maximum atomic E-state index is 13.4. The maximum Gasteiger partial charge on any atom is 0.252 e. The van der Waals surface area contributed by atoms with Gasteiger partial charge in [0.25, 0.3) is 5.91 Å². The molecule has 0 fully saturated rings. The summed E-state index contributed by atoms with van der Waals surface area (Å²) in [5.41, 5.74) is 4.09. The lowest BCUT2D eigenvalue weighted by Crippen LogP contribution is -2.27. The van der Waals surface area contributed by atoms with Gasteiger partial charge in [0.05, 0.1) is 36.0 Å². The van der Waals surface area contributed by atoms with E-state index in [1.807, 2.05) is 92.7 Å². The Hall–Kier alpha value is -3.86. The molecule has 0 saturated heterocycles. The minimum absolute atomic E-state index is 0.134. The Balaban J connectivity index is 1.59. The zero-order chi connectivity index (χ0) is 24.6. The van der Waals surface area contributed by atoms with Crippen LogP contribution < -0.4 is 14.8 Å². The van der Waals surface area contributed by atoms with Crippen molar-refractivity contribution in [3.05, 3.63) is 90.0 Å². The van der Waals surface area contributed by atoms with E-state index in [0.29, 0.717) is 18.8 Å². The van der Waals surface area contributed by atoms with E-state index >= 15 is 0 Å². The van der Waals surface area contributed by atoms with Crippen molar-refractivity contribution < 1.29 is 14.3 Å². The molecule has 1 N–H and O–H groups in total. The molecule has 0 aliphatic rings. The highest BCUT2D eigenvalue weighted by Gasteiger charge is 2.17. The summed E-state index contributed by atoms with van der Waals surface area (Å²) in [6.45, 7) is 7.41. The van der Waals surface area contributed by atoms with Crippen LogP contribution in [0.15, 0.2) is 78.9 Å². The van der Waals surface area contributed by atoms with Gasteiger partial charge in [-0.15, -0.1) is 0 Å². The highest BCUT2D eigenvalue weighted by molar-refractivity contribution is 6.07. The van der Waals surface area contributed by atoms with Gasteiger partial charge in [0, 0.05) is 10.9 Å². The Labute approximate surface area is 207 Å². The van der Waals surface area contributed by atoms with Crippen LogP contribution in [0.2, 0.25) is 0 Å². The lowest BCUT2D eigenvalue weighted by Gasteiger charge is -2.16. The number of carbonyl (C=O) groups is 1. The zero-order valence-electron chi connectivity index (χ0n) is 20.6. The number of pyridine rings is 1. The van der Waals surface area contributed by atoms with E-state index in [1.165, 1.54) is 0 Å². The molecule has 180 valence electrons. The molecule has 0 aliphatic carbocycles. The molecule has 0 radical (unpaired) electrons. The number of fused-ring (bicyclic) bond motifs is 1. The summed E-state index contributed by atoms with van der Waals surface area (Å²) in [6.07, 6.45) is 2.13. The number of nitrogens with one attached hydrogen (secondary N) is 1. The minimum atomic E-state index is -0.159. The molecular weight excluding hydrogens is 436 g/mol. The van der Waals surface area contributed by atoms with E-state index in [-0.39, 0.29) is 11.9 Å². The van der Waals surface area contributed by atoms with E-state index < -0.39 is 0 Å². The van der Waals surface area contributed by atoms with Gasteiger partial charge in [-0.1, -0.05) is 43.7 Å². The summed E-state index contributed by atoms with van der Waals surface area (Å²) in [5, 5.41) is 3.97. The van der Waals surface area contributed by atoms with Gasteiger partial charge in [0.15, 0.2) is 0 Å². The van der Waals surface area contributed by atoms with E-state index in [1.54, 1.807) is 0 Å². The SMILES string of the molecule is CCCCOc1ccc(-c2cc(C(=O)NC(C)c3ccc(OCC)cc3)c3ccccc3n2)cc1. The number of para-hydroxylation sites is 1. The second kappa shape index (κ2) is 11.5. The molecule has 0 bridgehead atoms. The second-order valence-corrected chi connectivity index (χ2v) is 8.50. The van der Waals surface area contributed by atoms with E-state index in [0.717, 1.165) is 52.1 Å². The topological polar surface area (TPSA) is 60.5 Å². The molecular formula is C30H32N2O3. The molecule has 5 heteroatoms. The molecule has 1 aromatic heterocycles. The molecule has 4 rings (SSSR count). The number of hydrogen-bond donors (Lipinski definition) is 1. The van der Waals surface area contributed by atoms with Crippen molar-refractivity contribution in [3.8, 4) is 22.8 Å². The number of amides is 1. The molecule has 1 heterocycles. The lowest BCUT2D eigenvalue weighted by atomic mass is 10.0. The van der Waals surface area contributed by atoms with Gasteiger partial charge in [0.2, 0.25) is 0 Å². The monoisotopic (exact) mass is 468 g/mol. The molecule has 1 atom stereocenters. The first-order chi connectivity index (χ1) is 17.1. The van der Waals surface area contributed by atoms with Crippen molar-refractivity contribution in [3.63, 3.8) is 0 Å². The van der Waals surface area contributed by atoms with Gasteiger partial charge in [-0.25, -0.2) is 4.98 Å². The molecule has 0 spiro atoms. The Morgan fingerprint density at radius 1 is 0.914 bits per heavy atom. The summed E-state index contributed by atoms with van der Waals surface area (Å²) in [4.78, 5) is 18.2. The Morgan fingerprint density at radius 3 is 2.31 bits per heavy atom. The third-order valence-electron chi connectivity index (χ3n) is 5.92. The fourth-order valence-electron chi connectivity index (χ4n) is 3.94. The standard InChI is InChI=1S/C30H32N2O3/c1-4-6-19-35-25-17-13-23(14-18-25)29-20-27(26-9-7-8-10-28(26)32-29)30(33)31-21(3)22-11-15-24(16-12-22)34-5-2/h7-18,20-21H,4-6,19H2,1-3H3,(H,31,33). The Kier molecular flexibility index (Phi) is 7.99. The molecule has 1 unspecified atom stereocenters. The molecule has 0 aliphatic heterocycles. The summed E-state index contributed by atoms with van der Waals surface area (Å²) >= 11 is 0. The van der Waals surface area contributed by atoms with Crippen LogP contribution in [0.1, 0.15) is 55.6 Å². The molecule has 0 saturated carbocycles. The summed E-state index contributed by atoms with van der Waals surface area (Å²) < 4.78 is 11.3. The normalized spacial score (nSPS) is 11.7. The van der Waals surface area contributed by atoms with Crippen LogP contribution in [0.25, 0.3) is 22.2 Å². The fraction of sp³-hybridized carbons (Fsp3) is 0.267. The highest BCUT2D eigenvalue weighted by Crippen LogP contribution is 2.27. The number of benzene rings is 3. The number of unbranched alkanes of at least 4 members (excludes halogenated alkanes) is 1. The van der Waals surface area contributed by atoms with Crippen LogP contribution in [-0.4, -0.2) is 24.1 Å². The summed E-state index contributed by atoms with van der Waals surface area (Å²) in [7, 11) is 0. The first-order valence-corrected chi connectivity index (χ1v) is 12.3. The summed E-state index contributed by atoms with van der Waals surface area (Å²) in [6, 6.07) is 25.2. The Bertz CT molecular complexity index is 1270. The molecule has 5 nitrogen and oxygen atoms in total. The molecule has 4 aromatic rings. The molecule has 3 aromatic carbocycles. The quantitative estimate of drug-likeness (QED) is 0.255. The lowest BCUT2D eigenvalue weighted by molar-refractivity contribution is 0.0941. The summed E-state index contributed by atoms with van der Waals surface area (Å²) in [5.74, 6) is 1.53. The first kappa shape index (κ1) is 24.3. The number of aromatic nitrogens is 1. The highest BCUT2D eigenvalue weighted by atomic mass is 16.5. The predicted octanol–water partition coefficient (Wildman–Crippen LogP) is 6.97. The van der Waals surface area contributed by atoms with Crippen molar-refractivity contribution in [1.29, 1.82) is 0 Å². The van der Waals surface area contributed by atoms with Crippen LogP contribution >= 0.6 is 0 Å². The van der Waals surface area contributed by atoms with Crippen molar-refractivity contribution in [1.82, 2.24) is 10.3 Å². The third-order valence-corrected chi connectivity index (χ3v) is 5.92. The average molecular weight is 469 g/mol. The predicted molar refractivity (Wildman–Crippen MR) is 141 cm³/mol. The van der Waals surface area contributed by atoms with Gasteiger partial charge >= 0.3 is 0 Å². The van der Waals surface area contributed by atoms with E-state index in [2.05, 4.69) is 12.2 Å². The zero-order valence-corrected chi connectivity index (χ0v) is 20.6. The van der Waals surface area contributed by atoms with Crippen LogP contribution in [0.5, 0.6) is 11.5 Å². The van der Waals surface area contributed by atoms with Gasteiger partial charge in [-0.3, -0.25) is 4.79 Å². The smallest absolute Gasteiger partial charge is 0.252 e. The van der Waals surface area contributed by atoms with Crippen LogP contribution in [0.3, 0.4) is 0 Å². The average Bonchev–Trinajstić information content (AvgIpc) is 2.89. The molecule has 35 heavy (non-hydrogen) atoms. The van der Waals surface area contributed by atoms with Gasteiger partial charge in [-0.2, -0.15) is 0 Å². The van der Waals surface area contributed by atoms with Gasteiger partial charge in [0.1, 0.15) is 11.5 Å². The van der Waals surface area contributed by atoms with Crippen LogP contribution in [-0.2, 0) is 0 Å². The number of rotatable bonds is 10. The van der Waals surface area contributed by atoms with Crippen LogP contribution in [0, 0.1) is 0 Å². The molecule has 1 amide bonds. The second-order valence-electron chi connectivity index (χ2n) is 8.50. The van der Waals surface area contributed by atoms with E-state index in [9.17, 15) is 4.79 Å². The van der Waals surface area contributed by atoms with Crippen molar-refractivity contribution in [2.24, 2.45) is 0 Å². The van der Waals surface area contributed by atoms with Gasteiger partial charge in [-0.05, 0) is 74.4 Å². The minimum Gasteiger partial charge on any atom is -0.494 e. The maximum absolute atomic E-state index is 13.4. The first-order valence-electron chi connectivity index (χ1n) is 12.3. The van der Waals surface area contributed by atoms with Crippen molar-refractivity contribution in [2.45, 2.75) is 39.7 Å². The van der Waals surface area contributed by atoms with Crippen molar-refractivity contribution in [2.75, 3.05) is 13.2 Å². The number of ether oxygens (including phenoxy) is 2. The fourth-order valence-corrected chi connectivity index (χ4v) is 3.94. The van der Waals surface area contributed by atoms with Gasteiger partial charge < -0.3 is 14.8 Å².